The number of nitrogens with zero attached hydrogens (tertiary/aromatic N) is 1. The lowest BCUT2D eigenvalue weighted by atomic mass is 9.86. The highest BCUT2D eigenvalue weighted by atomic mass is 35.5. The van der Waals surface area contributed by atoms with E-state index in [1.807, 2.05) is 0 Å². The summed E-state index contributed by atoms with van der Waals surface area (Å²) in [6, 6.07) is 0. The molecule has 0 saturated heterocycles. The van der Waals surface area contributed by atoms with Gasteiger partial charge < -0.3 is 16.2 Å². The van der Waals surface area contributed by atoms with Gasteiger partial charge in [0.25, 0.3) is 0 Å². The Hall–Kier alpha value is -1.87. The van der Waals surface area contributed by atoms with Gasteiger partial charge in [-0.15, -0.1) is 23.2 Å². The van der Waals surface area contributed by atoms with Gasteiger partial charge in [-0.3, -0.25) is 24.5 Å². The summed E-state index contributed by atoms with van der Waals surface area (Å²) in [4.78, 5) is 49.3. The number of aliphatic imine (C=N–C) groups is 1. The smallest absolute Gasteiger partial charge is 0.303 e. The SMILES string of the molecule is NC(=NC(=O)CCCNC(=O)CCCC(=O)O)NC(=O)CC1C(Cl)CCCC1Cl. The standard InChI is InChI=1S/C18H28Cl2N4O5/c19-12-4-1-5-13(20)11(12)10-16(27)24-18(21)23-15(26)7-3-9-22-14(25)6-2-8-17(28)29/h11-13H,1-10H2,(H,22,25)(H,28,29)(H3,21,23,24,26,27). The molecule has 0 heterocycles. The molecular formula is C18H28Cl2N4O5. The summed E-state index contributed by atoms with van der Waals surface area (Å²) in [6.07, 6.45) is 3.36. The Morgan fingerprint density at radius 2 is 1.66 bits per heavy atom. The molecule has 1 saturated carbocycles. The Balaban J connectivity index is 2.25. The van der Waals surface area contributed by atoms with E-state index in [1.165, 1.54) is 0 Å². The number of hydrogen-bond acceptors (Lipinski definition) is 4. The van der Waals surface area contributed by atoms with Crippen LogP contribution in [0.15, 0.2) is 4.99 Å². The van der Waals surface area contributed by atoms with E-state index in [2.05, 4.69) is 15.6 Å². The van der Waals surface area contributed by atoms with Crippen LogP contribution < -0.4 is 16.4 Å². The van der Waals surface area contributed by atoms with E-state index >= 15 is 0 Å². The van der Waals surface area contributed by atoms with Crippen molar-refractivity contribution >= 4 is 52.9 Å². The van der Waals surface area contributed by atoms with E-state index in [0.29, 0.717) is 6.42 Å². The molecule has 2 atom stereocenters. The molecule has 1 fully saturated rings. The first-order chi connectivity index (χ1) is 13.7. The van der Waals surface area contributed by atoms with Gasteiger partial charge in [-0.2, -0.15) is 4.99 Å². The van der Waals surface area contributed by atoms with Crippen molar-refractivity contribution in [3.63, 3.8) is 0 Å². The third-order valence-electron chi connectivity index (χ3n) is 4.51. The molecule has 29 heavy (non-hydrogen) atoms. The zero-order valence-corrected chi connectivity index (χ0v) is 17.7. The predicted octanol–water partition coefficient (Wildman–Crippen LogP) is 1.50. The summed E-state index contributed by atoms with van der Waals surface area (Å²) in [5.74, 6) is -2.58. The third kappa shape index (κ3) is 11.0. The summed E-state index contributed by atoms with van der Waals surface area (Å²) in [6.45, 7) is 0.259. The number of guanidine groups is 1. The summed E-state index contributed by atoms with van der Waals surface area (Å²) in [5, 5.41) is 13.1. The first-order valence-electron chi connectivity index (χ1n) is 9.62. The molecule has 0 spiro atoms. The van der Waals surface area contributed by atoms with Crippen molar-refractivity contribution in [1.29, 1.82) is 0 Å². The van der Waals surface area contributed by atoms with E-state index in [9.17, 15) is 19.2 Å². The Kier molecular flexibility index (Phi) is 11.6. The van der Waals surface area contributed by atoms with E-state index in [0.717, 1.165) is 19.3 Å². The first-order valence-corrected chi connectivity index (χ1v) is 10.5. The summed E-state index contributed by atoms with van der Waals surface area (Å²) in [7, 11) is 0. The molecule has 11 heteroatoms. The highest BCUT2D eigenvalue weighted by molar-refractivity contribution is 6.24. The van der Waals surface area contributed by atoms with Crippen molar-refractivity contribution in [2.24, 2.45) is 16.6 Å². The molecule has 2 unspecified atom stereocenters. The fourth-order valence-corrected chi connectivity index (χ4v) is 3.91. The van der Waals surface area contributed by atoms with Crippen molar-refractivity contribution in [2.75, 3.05) is 6.54 Å². The number of amides is 3. The molecule has 164 valence electrons. The lowest BCUT2D eigenvalue weighted by molar-refractivity contribution is -0.137. The quantitative estimate of drug-likeness (QED) is 0.171. The maximum Gasteiger partial charge on any atom is 0.303 e. The van der Waals surface area contributed by atoms with Crippen LogP contribution in [0.25, 0.3) is 0 Å². The van der Waals surface area contributed by atoms with Crippen molar-refractivity contribution in [3.05, 3.63) is 0 Å². The highest BCUT2D eigenvalue weighted by Gasteiger charge is 2.32. The van der Waals surface area contributed by atoms with Crippen LogP contribution in [-0.2, 0) is 19.2 Å². The number of nitrogens with two attached hydrogens (primary N) is 1. The summed E-state index contributed by atoms with van der Waals surface area (Å²) in [5.41, 5.74) is 5.60. The van der Waals surface area contributed by atoms with Crippen LogP contribution >= 0.6 is 23.2 Å². The number of alkyl halides is 2. The zero-order valence-electron chi connectivity index (χ0n) is 16.2. The second kappa shape index (κ2) is 13.4. The van der Waals surface area contributed by atoms with Crippen LogP contribution in [0, 0.1) is 5.92 Å². The molecule has 0 aliphatic heterocycles. The van der Waals surface area contributed by atoms with Gasteiger partial charge in [-0.05, 0) is 25.7 Å². The number of carbonyl (C=O) groups is 4. The molecule has 5 N–H and O–H groups in total. The number of nitrogens with one attached hydrogen (secondary N) is 2. The first kappa shape index (κ1) is 25.2. The fourth-order valence-electron chi connectivity index (χ4n) is 3.00. The number of carbonyl (C=O) groups excluding carboxylic acids is 3. The predicted molar refractivity (Wildman–Crippen MR) is 110 cm³/mol. The summed E-state index contributed by atoms with van der Waals surface area (Å²) < 4.78 is 0. The molecule has 0 radical (unpaired) electrons. The zero-order chi connectivity index (χ0) is 21.8. The van der Waals surface area contributed by atoms with E-state index in [4.69, 9.17) is 34.0 Å². The molecule has 1 aliphatic rings. The van der Waals surface area contributed by atoms with E-state index in [1.54, 1.807) is 0 Å². The number of rotatable bonds is 10. The van der Waals surface area contributed by atoms with Crippen molar-refractivity contribution in [1.82, 2.24) is 10.6 Å². The number of hydrogen-bond donors (Lipinski definition) is 4. The maximum absolute atomic E-state index is 12.1. The molecule has 0 bridgehead atoms. The van der Waals surface area contributed by atoms with Crippen molar-refractivity contribution < 1.29 is 24.3 Å². The molecule has 1 aliphatic carbocycles. The van der Waals surface area contributed by atoms with Crippen LogP contribution in [0.5, 0.6) is 0 Å². The monoisotopic (exact) mass is 450 g/mol. The average Bonchev–Trinajstić information content (AvgIpc) is 2.61. The summed E-state index contributed by atoms with van der Waals surface area (Å²) >= 11 is 12.5. The normalized spacial score (nSPS) is 22.0. The average molecular weight is 451 g/mol. The van der Waals surface area contributed by atoms with Gasteiger partial charge in [-0.25, -0.2) is 0 Å². The second-order valence-electron chi connectivity index (χ2n) is 6.97. The van der Waals surface area contributed by atoms with E-state index in [-0.39, 0.29) is 67.2 Å². The number of carboxylic acids is 1. The number of halogens is 2. The van der Waals surface area contributed by atoms with Crippen LogP contribution in [0.1, 0.15) is 57.8 Å². The van der Waals surface area contributed by atoms with Gasteiger partial charge in [0.05, 0.1) is 0 Å². The van der Waals surface area contributed by atoms with Crippen molar-refractivity contribution in [2.45, 2.75) is 68.5 Å². The minimum atomic E-state index is -0.949. The van der Waals surface area contributed by atoms with Crippen molar-refractivity contribution in [3.8, 4) is 0 Å². The van der Waals surface area contributed by atoms with Gasteiger partial charge in [-0.1, -0.05) is 6.42 Å². The molecular weight excluding hydrogens is 423 g/mol. The number of aliphatic carboxylic acids is 1. The van der Waals surface area contributed by atoms with Gasteiger partial charge in [0.1, 0.15) is 0 Å². The lowest BCUT2D eigenvalue weighted by Crippen LogP contribution is -2.41. The fraction of sp³-hybridized carbons (Fsp3) is 0.722. The molecule has 0 aromatic rings. The van der Waals surface area contributed by atoms with Gasteiger partial charge in [0, 0.05) is 48.9 Å². The molecule has 0 aromatic heterocycles. The van der Waals surface area contributed by atoms with E-state index < -0.39 is 17.8 Å². The highest BCUT2D eigenvalue weighted by Crippen LogP contribution is 2.34. The minimum Gasteiger partial charge on any atom is -0.481 e. The number of carboxylic acid groups (broad SMARTS) is 1. The molecule has 0 aromatic carbocycles. The topological polar surface area (TPSA) is 151 Å². The van der Waals surface area contributed by atoms with Crippen LogP contribution in [0.3, 0.4) is 0 Å². The van der Waals surface area contributed by atoms with Gasteiger partial charge >= 0.3 is 5.97 Å². The Labute approximate surface area is 179 Å². The lowest BCUT2D eigenvalue weighted by Gasteiger charge is -2.30. The largest absolute Gasteiger partial charge is 0.481 e. The maximum atomic E-state index is 12.1. The van der Waals surface area contributed by atoms with Crippen LogP contribution in [-0.4, -0.2) is 52.1 Å². The molecule has 9 nitrogen and oxygen atoms in total. The van der Waals surface area contributed by atoms with Crippen LogP contribution in [0.4, 0.5) is 0 Å². The van der Waals surface area contributed by atoms with Gasteiger partial charge in [0.2, 0.25) is 23.7 Å². The third-order valence-corrected chi connectivity index (χ3v) is 5.59. The Morgan fingerprint density at radius 1 is 1.00 bits per heavy atom. The second-order valence-corrected chi connectivity index (χ2v) is 8.09. The molecule has 1 rings (SSSR count). The minimum absolute atomic E-state index is 0.0438. The molecule has 3 amide bonds. The Bertz CT molecular complexity index is 619. The van der Waals surface area contributed by atoms with Gasteiger partial charge in [0.15, 0.2) is 0 Å². The van der Waals surface area contributed by atoms with Crippen LogP contribution in [0.2, 0.25) is 0 Å². The Morgan fingerprint density at radius 3 is 2.28 bits per heavy atom.